The average Bonchev–Trinajstić information content (AvgIpc) is 3.17. The molecular formula is C27H25N5O8. The van der Waals surface area contributed by atoms with Crippen LogP contribution in [-0.4, -0.2) is 45.7 Å². The van der Waals surface area contributed by atoms with Gasteiger partial charge in [0.2, 0.25) is 0 Å². The highest BCUT2D eigenvalue weighted by molar-refractivity contribution is 5.87. The number of hydrogen-bond acceptors (Lipinski definition) is 9. The van der Waals surface area contributed by atoms with Crippen LogP contribution in [0, 0.1) is 27.2 Å². The van der Waals surface area contributed by atoms with E-state index in [9.17, 15) is 25.0 Å². The Morgan fingerprint density at radius 2 is 1.65 bits per heavy atom. The summed E-state index contributed by atoms with van der Waals surface area (Å²) in [5, 5.41) is 22.3. The summed E-state index contributed by atoms with van der Waals surface area (Å²) in [6.07, 6.45) is 1.50. The van der Waals surface area contributed by atoms with Crippen LogP contribution in [0.4, 0.5) is 17.1 Å². The molecule has 0 saturated carbocycles. The summed E-state index contributed by atoms with van der Waals surface area (Å²) < 4.78 is 20.0. The molecule has 4 rings (SSSR count). The Morgan fingerprint density at radius 3 is 2.33 bits per heavy atom. The Hall–Kier alpha value is -5.46. The molecule has 206 valence electrons. The summed E-state index contributed by atoms with van der Waals surface area (Å²) in [5.41, 5.74) is 0.914. The summed E-state index contributed by atoms with van der Waals surface area (Å²) in [6, 6.07) is 17.5. The molecule has 0 N–H and O–H groups in total. The van der Waals surface area contributed by atoms with Gasteiger partial charge in [0.05, 0.1) is 34.4 Å². The van der Waals surface area contributed by atoms with Crippen molar-refractivity contribution in [1.82, 2.24) is 9.36 Å². The quantitative estimate of drug-likeness (QED) is 0.115. The molecular weight excluding hydrogens is 522 g/mol. The largest absolute Gasteiger partial charge is 0.493 e. The third-order valence-electron chi connectivity index (χ3n) is 6.02. The smallest absolute Gasteiger partial charge is 0.317 e. The van der Waals surface area contributed by atoms with Crippen molar-refractivity contribution in [2.75, 3.05) is 20.3 Å². The van der Waals surface area contributed by atoms with Crippen LogP contribution in [0.3, 0.4) is 0 Å². The number of nitrogens with zero attached hydrogens (tertiary/aromatic N) is 5. The van der Waals surface area contributed by atoms with Crippen molar-refractivity contribution >= 4 is 23.3 Å². The molecule has 0 spiro atoms. The normalized spacial score (nSPS) is 11.0. The van der Waals surface area contributed by atoms with Crippen LogP contribution in [0.5, 0.6) is 17.2 Å². The van der Waals surface area contributed by atoms with Gasteiger partial charge in [-0.05, 0) is 37.3 Å². The van der Waals surface area contributed by atoms with Gasteiger partial charge in [0.15, 0.2) is 22.9 Å². The molecule has 0 radical (unpaired) electrons. The van der Waals surface area contributed by atoms with E-state index in [-0.39, 0.29) is 30.2 Å². The second-order valence-corrected chi connectivity index (χ2v) is 8.41. The van der Waals surface area contributed by atoms with E-state index in [0.717, 1.165) is 12.1 Å². The number of nitro benzene ring substituents is 2. The maximum absolute atomic E-state index is 13.2. The predicted octanol–water partition coefficient (Wildman–Crippen LogP) is 4.52. The van der Waals surface area contributed by atoms with Gasteiger partial charge in [-0.2, -0.15) is 0 Å². The second-order valence-electron chi connectivity index (χ2n) is 8.41. The first kappa shape index (κ1) is 27.6. The van der Waals surface area contributed by atoms with Crippen LogP contribution in [0.15, 0.2) is 76.5 Å². The maximum Gasteiger partial charge on any atom is 0.317 e. The lowest BCUT2D eigenvalue weighted by Crippen LogP contribution is -2.19. The lowest BCUT2D eigenvalue weighted by Gasteiger charge is -2.13. The van der Waals surface area contributed by atoms with Crippen molar-refractivity contribution < 1.29 is 24.1 Å². The van der Waals surface area contributed by atoms with Crippen LogP contribution in [-0.2, 0) is 7.05 Å². The van der Waals surface area contributed by atoms with E-state index in [2.05, 4.69) is 4.99 Å². The third kappa shape index (κ3) is 5.67. The standard InChI is InChI=1S/C27H25N5O8/c1-18-25(27(33)30(29(18)2)20-9-5-4-6-10-20)28-17-19-8-7-11-24(38-3)26(19)40-15-14-39-23-13-12-21(31(34)35)16-22(23)32(36)37/h4-13,16-17H,14-15H2,1-3H3. The molecule has 40 heavy (non-hydrogen) atoms. The number of rotatable bonds is 11. The van der Waals surface area contributed by atoms with Crippen molar-refractivity contribution in [3.8, 4) is 22.9 Å². The molecule has 0 aliphatic carbocycles. The van der Waals surface area contributed by atoms with E-state index in [1.54, 1.807) is 36.9 Å². The SMILES string of the molecule is COc1cccc(C=Nc2c(C)n(C)n(-c3ccccc3)c2=O)c1OCCOc1ccc([N+](=O)[O-])cc1[N+](=O)[O-]. The summed E-state index contributed by atoms with van der Waals surface area (Å²) in [7, 11) is 3.25. The molecule has 3 aromatic carbocycles. The summed E-state index contributed by atoms with van der Waals surface area (Å²) in [4.78, 5) is 38.5. The first-order valence-electron chi connectivity index (χ1n) is 12.0. The van der Waals surface area contributed by atoms with Crippen molar-refractivity contribution in [1.29, 1.82) is 0 Å². The maximum atomic E-state index is 13.2. The highest BCUT2D eigenvalue weighted by atomic mass is 16.6. The van der Waals surface area contributed by atoms with Gasteiger partial charge in [0.25, 0.3) is 11.2 Å². The van der Waals surface area contributed by atoms with Gasteiger partial charge < -0.3 is 14.2 Å². The molecule has 0 amide bonds. The minimum Gasteiger partial charge on any atom is -0.493 e. The van der Waals surface area contributed by atoms with Crippen molar-refractivity contribution in [2.45, 2.75) is 6.92 Å². The average molecular weight is 548 g/mol. The van der Waals surface area contributed by atoms with E-state index in [1.807, 2.05) is 30.3 Å². The van der Waals surface area contributed by atoms with E-state index in [1.165, 1.54) is 24.1 Å². The van der Waals surface area contributed by atoms with Crippen molar-refractivity contribution in [2.24, 2.45) is 12.0 Å². The van der Waals surface area contributed by atoms with E-state index < -0.39 is 21.2 Å². The van der Waals surface area contributed by atoms with E-state index in [4.69, 9.17) is 14.2 Å². The number of aliphatic imine (C=N–C) groups is 1. The zero-order valence-electron chi connectivity index (χ0n) is 21.8. The number of para-hydroxylation sites is 2. The molecule has 13 nitrogen and oxygen atoms in total. The minimum absolute atomic E-state index is 0.0411. The van der Waals surface area contributed by atoms with Gasteiger partial charge in [-0.3, -0.25) is 29.7 Å². The second kappa shape index (κ2) is 11.9. The third-order valence-corrected chi connectivity index (χ3v) is 6.02. The molecule has 0 atom stereocenters. The van der Waals surface area contributed by atoms with Crippen LogP contribution in [0.2, 0.25) is 0 Å². The Morgan fingerprint density at radius 1 is 0.925 bits per heavy atom. The number of nitro groups is 2. The first-order chi connectivity index (χ1) is 19.2. The molecule has 0 aliphatic heterocycles. The molecule has 13 heteroatoms. The van der Waals surface area contributed by atoms with Gasteiger partial charge in [-0.15, -0.1) is 0 Å². The fourth-order valence-corrected chi connectivity index (χ4v) is 3.97. The fourth-order valence-electron chi connectivity index (χ4n) is 3.97. The Bertz CT molecular complexity index is 1640. The highest BCUT2D eigenvalue weighted by Crippen LogP contribution is 2.32. The van der Waals surface area contributed by atoms with Crippen molar-refractivity contribution in [3.05, 3.63) is 109 Å². The molecule has 0 saturated heterocycles. The van der Waals surface area contributed by atoms with Crippen LogP contribution in [0.1, 0.15) is 11.3 Å². The molecule has 0 fully saturated rings. The van der Waals surface area contributed by atoms with Gasteiger partial charge in [0, 0.05) is 24.9 Å². The molecule has 0 bridgehead atoms. The van der Waals surface area contributed by atoms with Crippen molar-refractivity contribution in [3.63, 3.8) is 0 Å². The van der Waals surface area contributed by atoms with Gasteiger partial charge in [0.1, 0.15) is 13.2 Å². The van der Waals surface area contributed by atoms with Gasteiger partial charge in [-0.25, -0.2) is 9.67 Å². The fraction of sp³-hybridized carbons (Fsp3) is 0.185. The Balaban J connectivity index is 1.54. The monoisotopic (exact) mass is 547 g/mol. The predicted molar refractivity (Wildman–Crippen MR) is 147 cm³/mol. The van der Waals surface area contributed by atoms with Crippen LogP contribution in [0.25, 0.3) is 5.69 Å². The first-order valence-corrected chi connectivity index (χ1v) is 12.0. The van der Waals surface area contributed by atoms with E-state index >= 15 is 0 Å². The molecule has 0 unspecified atom stereocenters. The Labute approximate surface area is 227 Å². The highest BCUT2D eigenvalue weighted by Gasteiger charge is 2.21. The molecule has 1 heterocycles. The number of benzene rings is 3. The number of aromatic nitrogens is 2. The summed E-state index contributed by atoms with van der Waals surface area (Å²) in [6.45, 7) is 1.65. The lowest BCUT2D eigenvalue weighted by atomic mass is 10.2. The topological polar surface area (TPSA) is 153 Å². The van der Waals surface area contributed by atoms with Gasteiger partial charge >= 0.3 is 5.69 Å². The Kier molecular flexibility index (Phi) is 8.23. The zero-order valence-corrected chi connectivity index (χ0v) is 21.8. The molecule has 0 aliphatic rings. The number of methoxy groups -OCH3 is 1. The lowest BCUT2D eigenvalue weighted by molar-refractivity contribution is -0.394. The van der Waals surface area contributed by atoms with E-state index in [0.29, 0.717) is 28.4 Å². The molecule has 4 aromatic rings. The number of ether oxygens (including phenoxy) is 3. The van der Waals surface area contributed by atoms with Crippen LogP contribution >= 0.6 is 0 Å². The molecule has 1 aromatic heterocycles. The number of hydrogen-bond donors (Lipinski definition) is 0. The van der Waals surface area contributed by atoms with Crippen LogP contribution < -0.4 is 19.8 Å². The minimum atomic E-state index is -0.755. The number of non-ortho nitro benzene ring substituents is 1. The van der Waals surface area contributed by atoms with Gasteiger partial charge in [-0.1, -0.05) is 24.3 Å². The summed E-state index contributed by atoms with van der Waals surface area (Å²) in [5.74, 6) is 0.597. The zero-order chi connectivity index (χ0) is 28.8. The summed E-state index contributed by atoms with van der Waals surface area (Å²) >= 11 is 0.